The molecule has 21 heavy (non-hydrogen) atoms. The molecule has 5 heteroatoms. The Morgan fingerprint density at radius 2 is 2.00 bits per heavy atom. The number of furan rings is 1. The lowest BCUT2D eigenvalue weighted by atomic mass is 9.85. The van der Waals surface area contributed by atoms with Crippen LogP contribution < -0.4 is 5.32 Å². The molecule has 0 amide bonds. The minimum absolute atomic E-state index is 0.0846. The normalized spacial score (nSPS) is 23.6. The van der Waals surface area contributed by atoms with Crippen LogP contribution in [0.2, 0.25) is 0 Å². The van der Waals surface area contributed by atoms with Gasteiger partial charge in [0.2, 0.25) is 0 Å². The molecule has 1 heterocycles. The van der Waals surface area contributed by atoms with E-state index in [1.807, 2.05) is 30.3 Å². The van der Waals surface area contributed by atoms with E-state index >= 15 is 0 Å². The van der Waals surface area contributed by atoms with E-state index in [4.69, 9.17) is 4.42 Å². The highest BCUT2D eigenvalue weighted by atomic mass is 19.4. The quantitative estimate of drug-likeness (QED) is 0.892. The minimum Gasteiger partial charge on any atom is -0.460 e. The largest absolute Gasteiger partial charge is 0.460 e. The molecule has 2 atom stereocenters. The molecule has 2 unspecified atom stereocenters. The number of hydrogen-bond donors (Lipinski definition) is 1. The Bertz CT molecular complexity index is 572. The topological polar surface area (TPSA) is 25.2 Å². The van der Waals surface area contributed by atoms with Gasteiger partial charge >= 0.3 is 6.18 Å². The molecule has 114 valence electrons. The Morgan fingerprint density at radius 1 is 1.19 bits per heavy atom. The fraction of sp³-hybridized carbons (Fsp3) is 0.500. The first kappa shape index (κ1) is 14.4. The summed E-state index contributed by atoms with van der Waals surface area (Å²) in [6.07, 6.45) is -2.22. The van der Waals surface area contributed by atoms with Crippen LogP contribution in [0, 0.1) is 5.92 Å². The Balaban J connectivity index is 1.59. The van der Waals surface area contributed by atoms with E-state index in [2.05, 4.69) is 5.32 Å². The van der Waals surface area contributed by atoms with E-state index in [0.29, 0.717) is 13.0 Å². The monoisotopic (exact) mass is 297 g/mol. The third-order valence-corrected chi connectivity index (χ3v) is 4.18. The lowest BCUT2D eigenvalue weighted by Gasteiger charge is -2.30. The third kappa shape index (κ3) is 3.40. The zero-order valence-electron chi connectivity index (χ0n) is 11.6. The van der Waals surface area contributed by atoms with Crippen molar-refractivity contribution in [2.24, 2.45) is 5.92 Å². The van der Waals surface area contributed by atoms with Crippen molar-refractivity contribution in [1.82, 2.24) is 5.32 Å². The number of benzene rings is 1. The molecule has 1 aromatic carbocycles. The molecule has 0 radical (unpaired) electrons. The maximum atomic E-state index is 12.8. The highest BCUT2D eigenvalue weighted by Crippen LogP contribution is 2.37. The number of alkyl halides is 3. The van der Waals surface area contributed by atoms with E-state index in [1.165, 1.54) is 0 Å². The predicted octanol–water partition coefficient (Wildman–Crippen LogP) is 4.64. The van der Waals surface area contributed by atoms with Crippen LogP contribution >= 0.6 is 0 Å². The van der Waals surface area contributed by atoms with Crippen molar-refractivity contribution in [1.29, 1.82) is 0 Å². The molecule has 2 aromatic rings. The fourth-order valence-electron chi connectivity index (χ4n) is 3.04. The van der Waals surface area contributed by atoms with E-state index in [9.17, 15) is 13.2 Å². The number of hydrogen-bond acceptors (Lipinski definition) is 2. The first-order chi connectivity index (χ1) is 10.0. The molecule has 1 fully saturated rings. The highest BCUT2D eigenvalue weighted by Gasteiger charge is 2.41. The van der Waals surface area contributed by atoms with Gasteiger partial charge in [0.05, 0.1) is 12.5 Å². The molecule has 0 aliphatic heterocycles. The molecule has 2 nitrogen and oxygen atoms in total. The predicted molar refractivity (Wildman–Crippen MR) is 74.9 cm³/mol. The van der Waals surface area contributed by atoms with Crippen LogP contribution in [0.3, 0.4) is 0 Å². The van der Waals surface area contributed by atoms with Gasteiger partial charge < -0.3 is 9.73 Å². The van der Waals surface area contributed by atoms with Gasteiger partial charge in [0.1, 0.15) is 11.3 Å². The average Bonchev–Trinajstić information content (AvgIpc) is 2.87. The van der Waals surface area contributed by atoms with Crippen molar-refractivity contribution in [2.45, 2.75) is 44.4 Å². The first-order valence-corrected chi connectivity index (χ1v) is 7.30. The van der Waals surface area contributed by atoms with Crippen molar-refractivity contribution in [2.75, 3.05) is 0 Å². The summed E-state index contributed by atoms with van der Waals surface area (Å²) in [6.45, 7) is 0.476. The van der Waals surface area contributed by atoms with Gasteiger partial charge in [0, 0.05) is 11.4 Å². The van der Waals surface area contributed by atoms with Gasteiger partial charge in [-0.25, -0.2) is 0 Å². The SMILES string of the molecule is FC(F)(F)C1CCCC(NCc2cc3ccccc3o2)C1. The Hall–Kier alpha value is -1.49. The third-order valence-electron chi connectivity index (χ3n) is 4.18. The van der Waals surface area contributed by atoms with Crippen LogP contribution in [0.15, 0.2) is 34.7 Å². The smallest absolute Gasteiger partial charge is 0.391 e. The van der Waals surface area contributed by atoms with Crippen LogP contribution in [-0.4, -0.2) is 12.2 Å². The van der Waals surface area contributed by atoms with E-state index in [0.717, 1.165) is 23.2 Å². The van der Waals surface area contributed by atoms with Crippen LogP contribution in [0.25, 0.3) is 11.0 Å². The fourth-order valence-corrected chi connectivity index (χ4v) is 3.04. The van der Waals surface area contributed by atoms with Gasteiger partial charge in [0.15, 0.2) is 0 Å². The van der Waals surface area contributed by atoms with Crippen molar-refractivity contribution in [3.05, 3.63) is 36.1 Å². The lowest BCUT2D eigenvalue weighted by molar-refractivity contribution is -0.183. The maximum absolute atomic E-state index is 12.8. The van der Waals surface area contributed by atoms with Gasteiger partial charge in [-0.15, -0.1) is 0 Å². The molecule has 1 aliphatic rings. The van der Waals surface area contributed by atoms with Crippen LogP contribution in [0.4, 0.5) is 13.2 Å². The molecule has 0 saturated heterocycles. The number of nitrogens with one attached hydrogen (secondary N) is 1. The molecule has 1 aromatic heterocycles. The Morgan fingerprint density at radius 3 is 2.76 bits per heavy atom. The summed E-state index contributed by atoms with van der Waals surface area (Å²) in [5.41, 5.74) is 0.811. The summed E-state index contributed by atoms with van der Waals surface area (Å²) in [4.78, 5) is 0. The minimum atomic E-state index is -4.07. The Labute approximate surface area is 121 Å². The first-order valence-electron chi connectivity index (χ1n) is 7.30. The second-order valence-corrected chi connectivity index (χ2v) is 5.73. The van der Waals surface area contributed by atoms with Gasteiger partial charge in [-0.2, -0.15) is 13.2 Å². The molecule has 3 rings (SSSR count). The number of halogens is 3. The maximum Gasteiger partial charge on any atom is 0.391 e. The van der Waals surface area contributed by atoms with Crippen molar-refractivity contribution in [3.63, 3.8) is 0 Å². The molecule has 0 bridgehead atoms. The van der Waals surface area contributed by atoms with Crippen molar-refractivity contribution < 1.29 is 17.6 Å². The summed E-state index contributed by atoms with van der Waals surface area (Å²) in [5, 5.41) is 4.23. The van der Waals surface area contributed by atoms with Gasteiger partial charge in [-0.05, 0) is 31.4 Å². The molecule has 1 aliphatic carbocycles. The number of fused-ring (bicyclic) bond motifs is 1. The molecule has 1 saturated carbocycles. The van der Waals surface area contributed by atoms with Crippen molar-refractivity contribution in [3.8, 4) is 0 Å². The zero-order chi connectivity index (χ0) is 14.9. The van der Waals surface area contributed by atoms with Gasteiger partial charge in [-0.3, -0.25) is 0 Å². The molecular formula is C16H18F3NO. The Kier molecular flexibility index (Phi) is 3.93. The number of rotatable bonds is 3. The average molecular weight is 297 g/mol. The van der Waals surface area contributed by atoms with Crippen LogP contribution in [0.1, 0.15) is 31.4 Å². The molecule has 0 spiro atoms. The van der Waals surface area contributed by atoms with E-state index in [-0.39, 0.29) is 18.9 Å². The summed E-state index contributed by atoms with van der Waals surface area (Å²) in [5.74, 6) is -0.398. The molecule has 1 N–H and O–H groups in total. The van der Waals surface area contributed by atoms with Crippen LogP contribution in [0.5, 0.6) is 0 Å². The summed E-state index contributed by atoms with van der Waals surface area (Å²) >= 11 is 0. The summed E-state index contributed by atoms with van der Waals surface area (Å²) in [7, 11) is 0. The lowest BCUT2D eigenvalue weighted by Crippen LogP contribution is -2.38. The van der Waals surface area contributed by atoms with E-state index in [1.54, 1.807) is 0 Å². The highest BCUT2D eigenvalue weighted by molar-refractivity contribution is 5.77. The van der Waals surface area contributed by atoms with Crippen molar-refractivity contribution >= 4 is 11.0 Å². The van der Waals surface area contributed by atoms with Gasteiger partial charge in [-0.1, -0.05) is 24.6 Å². The van der Waals surface area contributed by atoms with Gasteiger partial charge in [0.25, 0.3) is 0 Å². The second-order valence-electron chi connectivity index (χ2n) is 5.73. The standard InChI is InChI=1S/C16H18F3NO/c17-16(18,19)12-5-3-6-13(9-12)20-10-14-8-11-4-1-2-7-15(11)21-14/h1-2,4,7-8,12-13,20H,3,5-6,9-10H2. The van der Waals surface area contributed by atoms with E-state index < -0.39 is 12.1 Å². The zero-order valence-corrected chi connectivity index (χ0v) is 11.6. The summed E-state index contributed by atoms with van der Waals surface area (Å²) in [6, 6.07) is 9.54. The second kappa shape index (κ2) is 5.72. The van der Waals surface area contributed by atoms with Crippen LogP contribution in [-0.2, 0) is 6.54 Å². The number of para-hydroxylation sites is 1. The summed E-state index contributed by atoms with van der Waals surface area (Å²) < 4.78 is 44.0. The molecular weight excluding hydrogens is 279 g/mol.